The number of carbonyl (C=O) groups is 4. The highest BCUT2D eigenvalue weighted by Crippen LogP contribution is 2.15. The molecule has 2 fully saturated rings. The van der Waals surface area contributed by atoms with Crippen LogP contribution >= 0.6 is 0 Å². The summed E-state index contributed by atoms with van der Waals surface area (Å²) in [5.41, 5.74) is 1.09. The highest BCUT2D eigenvalue weighted by molar-refractivity contribution is 5.97. The molecule has 2 saturated heterocycles. The Bertz CT molecular complexity index is 795. The van der Waals surface area contributed by atoms with Crippen molar-refractivity contribution in [3.05, 3.63) is 29.8 Å². The second-order valence-corrected chi connectivity index (χ2v) is 7.56. The molecule has 29 heavy (non-hydrogen) atoms. The Morgan fingerprint density at radius 2 is 1.72 bits per heavy atom. The van der Waals surface area contributed by atoms with E-state index in [9.17, 15) is 19.2 Å². The zero-order valence-electron chi connectivity index (χ0n) is 16.9. The quantitative estimate of drug-likeness (QED) is 0.826. The van der Waals surface area contributed by atoms with E-state index in [4.69, 9.17) is 0 Å². The molecule has 0 saturated carbocycles. The van der Waals surface area contributed by atoms with Gasteiger partial charge in [0.1, 0.15) is 0 Å². The van der Waals surface area contributed by atoms with Crippen molar-refractivity contribution in [1.29, 1.82) is 0 Å². The molecule has 8 nitrogen and oxygen atoms in total. The molecule has 1 N–H and O–H groups in total. The molecule has 2 aliphatic heterocycles. The molecule has 0 atom stereocenters. The fourth-order valence-corrected chi connectivity index (χ4v) is 3.78. The first-order chi connectivity index (χ1) is 13.9. The van der Waals surface area contributed by atoms with Crippen LogP contribution in [0.4, 0.5) is 5.69 Å². The molecule has 4 amide bonds. The molecule has 1 aromatic carbocycles. The van der Waals surface area contributed by atoms with Crippen LogP contribution in [0.1, 0.15) is 43.0 Å². The van der Waals surface area contributed by atoms with Crippen molar-refractivity contribution >= 4 is 29.3 Å². The third-order valence-corrected chi connectivity index (χ3v) is 5.31. The van der Waals surface area contributed by atoms with E-state index >= 15 is 0 Å². The normalized spacial score (nSPS) is 17.7. The lowest BCUT2D eigenvalue weighted by Crippen LogP contribution is -2.45. The van der Waals surface area contributed by atoms with Crippen molar-refractivity contribution < 1.29 is 19.2 Å². The third kappa shape index (κ3) is 5.56. The SMILES string of the molecule is CC(=O)Nc1cccc(C(=O)N2CCCN(C(=O)CN3CCCCC3=O)CC2)c1. The summed E-state index contributed by atoms with van der Waals surface area (Å²) in [5.74, 6) is -0.305. The average molecular weight is 400 g/mol. The molecule has 8 heteroatoms. The number of piperidine rings is 1. The summed E-state index contributed by atoms with van der Waals surface area (Å²) >= 11 is 0. The van der Waals surface area contributed by atoms with Gasteiger partial charge in [-0.1, -0.05) is 6.07 Å². The number of anilines is 1. The second-order valence-electron chi connectivity index (χ2n) is 7.56. The van der Waals surface area contributed by atoms with Gasteiger partial charge in [0.25, 0.3) is 5.91 Å². The van der Waals surface area contributed by atoms with Gasteiger partial charge in [-0.3, -0.25) is 19.2 Å². The van der Waals surface area contributed by atoms with Gasteiger partial charge >= 0.3 is 0 Å². The Kier molecular flexibility index (Phi) is 6.85. The lowest BCUT2D eigenvalue weighted by molar-refractivity contribution is -0.141. The van der Waals surface area contributed by atoms with Gasteiger partial charge in [-0.05, 0) is 37.5 Å². The first-order valence-corrected chi connectivity index (χ1v) is 10.2. The van der Waals surface area contributed by atoms with Gasteiger partial charge in [-0.15, -0.1) is 0 Å². The van der Waals surface area contributed by atoms with Crippen LogP contribution in [-0.4, -0.2) is 77.6 Å². The summed E-state index contributed by atoms with van der Waals surface area (Å²) in [6.45, 7) is 4.25. The van der Waals surface area contributed by atoms with Gasteiger partial charge in [0.15, 0.2) is 0 Å². The summed E-state index contributed by atoms with van der Waals surface area (Å²) < 4.78 is 0. The monoisotopic (exact) mass is 400 g/mol. The Balaban J connectivity index is 1.57. The Morgan fingerprint density at radius 1 is 0.966 bits per heavy atom. The van der Waals surface area contributed by atoms with E-state index in [1.165, 1.54) is 6.92 Å². The summed E-state index contributed by atoms with van der Waals surface area (Å²) in [6, 6.07) is 6.87. The summed E-state index contributed by atoms with van der Waals surface area (Å²) in [7, 11) is 0. The van der Waals surface area contributed by atoms with Crippen molar-refractivity contribution in [1.82, 2.24) is 14.7 Å². The zero-order valence-corrected chi connectivity index (χ0v) is 16.9. The predicted octanol–water partition coefficient (Wildman–Crippen LogP) is 1.33. The number of carbonyl (C=O) groups excluding carboxylic acids is 4. The molecule has 0 unspecified atom stereocenters. The maximum Gasteiger partial charge on any atom is 0.253 e. The molecule has 156 valence electrons. The van der Waals surface area contributed by atoms with Gasteiger partial charge < -0.3 is 20.0 Å². The van der Waals surface area contributed by atoms with Gasteiger partial charge in [-0.2, -0.15) is 0 Å². The molecular weight excluding hydrogens is 372 g/mol. The van der Waals surface area contributed by atoms with Crippen LogP contribution in [0.15, 0.2) is 24.3 Å². The molecule has 0 aliphatic carbocycles. The van der Waals surface area contributed by atoms with E-state index in [1.54, 1.807) is 39.0 Å². The number of amides is 4. The molecule has 0 bridgehead atoms. The van der Waals surface area contributed by atoms with Crippen molar-refractivity contribution in [3.8, 4) is 0 Å². The fourth-order valence-electron chi connectivity index (χ4n) is 3.78. The average Bonchev–Trinajstić information content (AvgIpc) is 2.95. The molecule has 2 heterocycles. The van der Waals surface area contributed by atoms with Crippen molar-refractivity contribution in [2.75, 3.05) is 44.6 Å². The Hall–Kier alpha value is -2.90. The second kappa shape index (κ2) is 9.54. The largest absolute Gasteiger partial charge is 0.339 e. The van der Waals surface area contributed by atoms with Crippen LogP contribution in [0.2, 0.25) is 0 Å². The molecular formula is C21H28N4O4. The first-order valence-electron chi connectivity index (χ1n) is 10.2. The van der Waals surface area contributed by atoms with Crippen LogP contribution in [0.5, 0.6) is 0 Å². The topological polar surface area (TPSA) is 90.0 Å². The van der Waals surface area contributed by atoms with Crippen LogP contribution < -0.4 is 5.32 Å². The number of hydrogen-bond acceptors (Lipinski definition) is 4. The number of likely N-dealkylation sites (tertiary alicyclic amines) is 1. The molecule has 0 radical (unpaired) electrons. The molecule has 1 aromatic rings. The number of benzene rings is 1. The maximum absolute atomic E-state index is 12.9. The lowest BCUT2D eigenvalue weighted by atomic mass is 10.1. The molecule has 0 aromatic heterocycles. The van der Waals surface area contributed by atoms with E-state index in [1.807, 2.05) is 0 Å². The van der Waals surface area contributed by atoms with E-state index in [-0.39, 0.29) is 30.2 Å². The minimum Gasteiger partial charge on any atom is -0.339 e. The summed E-state index contributed by atoms with van der Waals surface area (Å²) in [5, 5.41) is 2.68. The van der Waals surface area contributed by atoms with E-state index in [0.717, 1.165) is 12.8 Å². The smallest absolute Gasteiger partial charge is 0.253 e. The van der Waals surface area contributed by atoms with E-state index in [0.29, 0.717) is 56.8 Å². The third-order valence-electron chi connectivity index (χ3n) is 5.31. The van der Waals surface area contributed by atoms with E-state index < -0.39 is 0 Å². The zero-order chi connectivity index (χ0) is 20.8. The van der Waals surface area contributed by atoms with Crippen molar-refractivity contribution in [2.24, 2.45) is 0 Å². The van der Waals surface area contributed by atoms with Crippen LogP contribution in [0.25, 0.3) is 0 Å². The summed E-state index contributed by atoms with van der Waals surface area (Å²) in [6.07, 6.45) is 3.05. The first kappa shape index (κ1) is 20.8. The fraction of sp³-hybridized carbons (Fsp3) is 0.524. The lowest BCUT2D eigenvalue weighted by Gasteiger charge is -2.29. The standard InChI is InChI=1S/C21H28N4O4/c1-16(26)22-18-7-4-6-17(14-18)21(29)24-11-5-10-23(12-13-24)20(28)15-25-9-3-2-8-19(25)27/h4,6-7,14H,2-3,5,8-13,15H2,1H3,(H,22,26). The minimum atomic E-state index is -0.189. The van der Waals surface area contributed by atoms with Crippen LogP contribution in [0, 0.1) is 0 Å². The highest BCUT2D eigenvalue weighted by atomic mass is 16.2. The Labute approximate surface area is 170 Å². The maximum atomic E-state index is 12.9. The van der Waals surface area contributed by atoms with Gasteiger partial charge in [-0.25, -0.2) is 0 Å². The predicted molar refractivity (Wildman–Crippen MR) is 108 cm³/mol. The number of nitrogens with zero attached hydrogens (tertiary/aromatic N) is 3. The minimum absolute atomic E-state index is 0.0512. The van der Waals surface area contributed by atoms with Gasteiger partial charge in [0, 0.05) is 57.3 Å². The number of nitrogens with one attached hydrogen (secondary N) is 1. The van der Waals surface area contributed by atoms with Gasteiger partial charge in [0.2, 0.25) is 17.7 Å². The van der Waals surface area contributed by atoms with Crippen molar-refractivity contribution in [3.63, 3.8) is 0 Å². The molecule has 0 spiro atoms. The molecule has 3 rings (SSSR count). The van der Waals surface area contributed by atoms with Gasteiger partial charge in [0.05, 0.1) is 6.54 Å². The Morgan fingerprint density at radius 3 is 2.48 bits per heavy atom. The summed E-state index contributed by atoms with van der Waals surface area (Å²) in [4.78, 5) is 53.9. The van der Waals surface area contributed by atoms with E-state index in [2.05, 4.69) is 5.32 Å². The van der Waals surface area contributed by atoms with Crippen molar-refractivity contribution in [2.45, 2.75) is 32.6 Å². The van der Waals surface area contributed by atoms with Crippen LogP contribution in [0.3, 0.4) is 0 Å². The number of hydrogen-bond donors (Lipinski definition) is 1. The highest BCUT2D eigenvalue weighted by Gasteiger charge is 2.26. The molecule has 2 aliphatic rings. The number of rotatable bonds is 4. The van der Waals surface area contributed by atoms with Crippen LogP contribution in [-0.2, 0) is 14.4 Å².